The van der Waals surface area contributed by atoms with Crippen molar-refractivity contribution < 1.29 is 4.57 Å². The zero-order valence-electron chi connectivity index (χ0n) is 11.6. The van der Waals surface area contributed by atoms with Crippen LogP contribution in [0.3, 0.4) is 0 Å². The SMILES string of the molecule is Cc1cc(C)cc(-c2ccc3ccccc3[n+]2C)c1. The summed E-state index contributed by atoms with van der Waals surface area (Å²) in [5, 5.41) is 1.28. The van der Waals surface area contributed by atoms with E-state index >= 15 is 0 Å². The molecule has 0 aliphatic rings. The number of aromatic nitrogens is 1. The maximum atomic E-state index is 2.27. The molecular formula is C18H18N+. The lowest BCUT2D eigenvalue weighted by Gasteiger charge is -2.06. The van der Waals surface area contributed by atoms with E-state index in [2.05, 4.69) is 80.1 Å². The second kappa shape index (κ2) is 4.51. The quantitative estimate of drug-likeness (QED) is 0.574. The molecule has 0 aliphatic heterocycles. The van der Waals surface area contributed by atoms with Crippen molar-refractivity contribution in [1.82, 2.24) is 0 Å². The van der Waals surface area contributed by atoms with Crippen molar-refractivity contribution in [1.29, 1.82) is 0 Å². The molecule has 0 spiro atoms. The Morgan fingerprint density at radius 3 is 2.21 bits per heavy atom. The lowest BCUT2D eigenvalue weighted by Crippen LogP contribution is -2.31. The molecule has 0 N–H and O–H groups in total. The summed E-state index contributed by atoms with van der Waals surface area (Å²) in [5.74, 6) is 0. The average Bonchev–Trinajstić information content (AvgIpc) is 2.38. The van der Waals surface area contributed by atoms with Crippen molar-refractivity contribution in [3.63, 3.8) is 0 Å². The molecule has 0 saturated carbocycles. The van der Waals surface area contributed by atoms with Crippen LogP contribution in [0.25, 0.3) is 22.2 Å². The molecule has 1 heterocycles. The Balaban J connectivity index is 2.28. The number of nitrogens with zero attached hydrogens (tertiary/aromatic N) is 1. The molecule has 0 atom stereocenters. The highest BCUT2D eigenvalue weighted by Crippen LogP contribution is 2.21. The van der Waals surface area contributed by atoms with E-state index in [0.717, 1.165) is 0 Å². The molecule has 0 aliphatic carbocycles. The predicted molar refractivity (Wildman–Crippen MR) is 80.0 cm³/mol. The summed E-state index contributed by atoms with van der Waals surface area (Å²) in [7, 11) is 2.13. The lowest BCUT2D eigenvalue weighted by molar-refractivity contribution is -0.633. The van der Waals surface area contributed by atoms with Crippen LogP contribution in [0.5, 0.6) is 0 Å². The molecule has 1 nitrogen and oxygen atoms in total. The van der Waals surface area contributed by atoms with E-state index in [0.29, 0.717) is 0 Å². The van der Waals surface area contributed by atoms with Crippen LogP contribution in [-0.4, -0.2) is 0 Å². The van der Waals surface area contributed by atoms with Crippen LogP contribution in [0.1, 0.15) is 11.1 Å². The van der Waals surface area contributed by atoms with Gasteiger partial charge in [0, 0.05) is 23.1 Å². The summed E-state index contributed by atoms with van der Waals surface area (Å²) in [6, 6.07) is 19.6. The molecule has 19 heavy (non-hydrogen) atoms. The standard InChI is InChI=1S/C18H18N/c1-13-10-14(2)12-16(11-13)18-9-8-15-6-4-5-7-17(15)19(18)3/h4-12H,1-3H3/q+1. The molecule has 0 saturated heterocycles. The number of aryl methyl sites for hydroxylation is 3. The Morgan fingerprint density at radius 2 is 1.47 bits per heavy atom. The van der Waals surface area contributed by atoms with Gasteiger partial charge in [-0.05, 0) is 38.1 Å². The summed E-state index contributed by atoms with van der Waals surface area (Å²) < 4.78 is 2.27. The first kappa shape index (κ1) is 11.9. The largest absolute Gasteiger partial charge is 0.212 e. The molecule has 0 bridgehead atoms. The minimum atomic E-state index is 1.26. The fourth-order valence-electron chi connectivity index (χ4n) is 2.76. The molecule has 3 aromatic rings. The molecule has 2 aromatic carbocycles. The summed E-state index contributed by atoms with van der Waals surface area (Å²) in [6.45, 7) is 4.30. The lowest BCUT2D eigenvalue weighted by atomic mass is 10.0. The molecule has 3 rings (SSSR count). The van der Waals surface area contributed by atoms with Gasteiger partial charge in [-0.1, -0.05) is 29.3 Å². The summed E-state index contributed by atoms with van der Waals surface area (Å²) in [4.78, 5) is 0. The third kappa shape index (κ3) is 2.12. The van der Waals surface area contributed by atoms with Gasteiger partial charge in [0.15, 0.2) is 0 Å². The van der Waals surface area contributed by atoms with Crippen LogP contribution in [0.15, 0.2) is 54.6 Å². The maximum absolute atomic E-state index is 2.27. The zero-order chi connectivity index (χ0) is 13.4. The second-order valence-electron chi connectivity index (χ2n) is 5.21. The van der Waals surface area contributed by atoms with Gasteiger partial charge in [0.2, 0.25) is 11.2 Å². The smallest absolute Gasteiger partial charge is 0.194 e. The van der Waals surface area contributed by atoms with Crippen molar-refractivity contribution in [2.45, 2.75) is 13.8 Å². The summed E-state index contributed by atoms with van der Waals surface area (Å²) >= 11 is 0. The summed E-state index contributed by atoms with van der Waals surface area (Å²) in [5.41, 5.74) is 6.42. The van der Waals surface area contributed by atoms with Gasteiger partial charge in [0.25, 0.3) is 0 Å². The fourth-order valence-corrected chi connectivity index (χ4v) is 2.76. The number of hydrogen-bond acceptors (Lipinski definition) is 0. The number of fused-ring (bicyclic) bond motifs is 1. The first-order valence-electron chi connectivity index (χ1n) is 6.61. The Bertz CT molecular complexity index is 736. The van der Waals surface area contributed by atoms with Gasteiger partial charge in [-0.2, -0.15) is 4.57 Å². The van der Waals surface area contributed by atoms with Crippen LogP contribution in [0, 0.1) is 13.8 Å². The molecular weight excluding hydrogens is 230 g/mol. The van der Waals surface area contributed by atoms with Crippen molar-refractivity contribution in [2.75, 3.05) is 0 Å². The molecule has 94 valence electrons. The van der Waals surface area contributed by atoms with Gasteiger partial charge in [-0.25, -0.2) is 0 Å². The van der Waals surface area contributed by atoms with Crippen LogP contribution < -0.4 is 4.57 Å². The van der Waals surface area contributed by atoms with Gasteiger partial charge < -0.3 is 0 Å². The van der Waals surface area contributed by atoms with E-state index in [1.807, 2.05) is 0 Å². The van der Waals surface area contributed by atoms with Crippen LogP contribution in [-0.2, 0) is 7.05 Å². The third-order valence-electron chi connectivity index (χ3n) is 3.60. The molecule has 0 fully saturated rings. The van der Waals surface area contributed by atoms with Crippen molar-refractivity contribution in [2.24, 2.45) is 7.05 Å². The van der Waals surface area contributed by atoms with E-state index in [9.17, 15) is 0 Å². The fraction of sp³-hybridized carbons (Fsp3) is 0.167. The van der Waals surface area contributed by atoms with Gasteiger partial charge in [0.05, 0.1) is 0 Å². The summed E-state index contributed by atoms with van der Waals surface area (Å²) in [6.07, 6.45) is 0. The van der Waals surface area contributed by atoms with Gasteiger partial charge >= 0.3 is 0 Å². The van der Waals surface area contributed by atoms with E-state index < -0.39 is 0 Å². The Morgan fingerprint density at radius 1 is 0.789 bits per heavy atom. The molecule has 1 aromatic heterocycles. The highest BCUT2D eigenvalue weighted by atomic mass is 14.9. The van der Waals surface area contributed by atoms with Gasteiger partial charge in [-0.15, -0.1) is 0 Å². The predicted octanol–water partition coefficient (Wildman–Crippen LogP) is 3.95. The van der Waals surface area contributed by atoms with E-state index in [4.69, 9.17) is 0 Å². The van der Waals surface area contributed by atoms with E-state index in [1.54, 1.807) is 0 Å². The molecule has 1 heteroatoms. The average molecular weight is 248 g/mol. The third-order valence-corrected chi connectivity index (χ3v) is 3.60. The number of rotatable bonds is 1. The first-order valence-corrected chi connectivity index (χ1v) is 6.61. The Hall–Kier alpha value is -2.15. The molecule has 0 unspecified atom stereocenters. The molecule has 0 amide bonds. The highest BCUT2D eigenvalue weighted by Gasteiger charge is 2.13. The van der Waals surface area contributed by atoms with Crippen LogP contribution in [0.4, 0.5) is 0 Å². The Kier molecular flexibility index (Phi) is 2.83. The molecule has 0 radical (unpaired) electrons. The van der Waals surface area contributed by atoms with E-state index in [-0.39, 0.29) is 0 Å². The highest BCUT2D eigenvalue weighted by molar-refractivity contribution is 5.77. The monoisotopic (exact) mass is 248 g/mol. The number of benzene rings is 2. The number of pyridine rings is 1. The minimum Gasteiger partial charge on any atom is -0.194 e. The zero-order valence-corrected chi connectivity index (χ0v) is 11.6. The normalized spacial score (nSPS) is 10.9. The number of para-hydroxylation sites is 1. The van der Waals surface area contributed by atoms with Crippen LogP contribution in [0.2, 0.25) is 0 Å². The Labute approximate surface area is 114 Å². The van der Waals surface area contributed by atoms with Crippen molar-refractivity contribution in [3.8, 4) is 11.3 Å². The first-order chi connectivity index (χ1) is 9.15. The topological polar surface area (TPSA) is 3.88 Å². The van der Waals surface area contributed by atoms with Crippen molar-refractivity contribution in [3.05, 3.63) is 65.7 Å². The van der Waals surface area contributed by atoms with E-state index in [1.165, 1.54) is 33.3 Å². The van der Waals surface area contributed by atoms with Crippen LogP contribution >= 0.6 is 0 Å². The van der Waals surface area contributed by atoms with Gasteiger partial charge in [0.1, 0.15) is 7.05 Å². The van der Waals surface area contributed by atoms with Crippen molar-refractivity contribution >= 4 is 10.9 Å². The number of hydrogen-bond donors (Lipinski definition) is 0. The van der Waals surface area contributed by atoms with Gasteiger partial charge in [-0.3, -0.25) is 0 Å². The minimum absolute atomic E-state index is 1.26. The second-order valence-corrected chi connectivity index (χ2v) is 5.21. The maximum Gasteiger partial charge on any atom is 0.212 e.